The molecule has 6 amide bonds. The molecule has 6 heterocycles. The number of imide groups is 2. The Morgan fingerprint density at radius 3 is 2.42 bits per heavy atom. The van der Waals surface area contributed by atoms with Gasteiger partial charge in [-0.25, -0.2) is 14.4 Å². The summed E-state index contributed by atoms with van der Waals surface area (Å²) in [6.07, 6.45) is 14.1. The van der Waals surface area contributed by atoms with E-state index in [-0.39, 0.29) is 47.0 Å². The molecule has 1 aliphatic carbocycles. The van der Waals surface area contributed by atoms with E-state index in [0.29, 0.717) is 62.2 Å². The number of nitrogens with one attached hydrogen (secondary N) is 4. The van der Waals surface area contributed by atoms with Crippen LogP contribution in [0.3, 0.4) is 0 Å². The number of piperazine rings is 1. The minimum absolute atomic E-state index is 0.0477. The lowest BCUT2D eigenvalue weighted by molar-refractivity contribution is -0.136. The number of carbonyl (C=O) groups excluding carboxylic acids is 6. The molecule has 2 aromatic carbocycles. The van der Waals surface area contributed by atoms with E-state index in [0.717, 1.165) is 66.8 Å². The largest absolute Gasteiger partial charge is 0.384 e. The van der Waals surface area contributed by atoms with Gasteiger partial charge in [-0.15, -0.1) is 0 Å². The zero-order valence-corrected chi connectivity index (χ0v) is 34.0. The summed E-state index contributed by atoms with van der Waals surface area (Å²) in [5.74, 6) is -2.22. The summed E-state index contributed by atoms with van der Waals surface area (Å²) in [6.45, 7) is 2.10. The molecule has 0 bridgehead atoms. The maximum absolute atomic E-state index is 15.6. The van der Waals surface area contributed by atoms with Crippen LogP contribution in [-0.2, 0) is 14.4 Å². The van der Waals surface area contributed by atoms with Crippen LogP contribution in [0, 0.1) is 5.82 Å². The van der Waals surface area contributed by atoms with Gasteiger partial charge in [0.2, 0.25) is 17.7 Å². The van der Waals surface area contributed by atoms with Crippen LogP contribution in [0.1, 0.15) is 107 Å². The maximum atomic E-state index is 15.6. The second kappa shape index (κ2) is 17.2. The van der Waals surface area contributed by atoms with E-state index in [1.165, 1.54) is 6.07 Å². The number of anilines is 3. The molecule has 9 rings (SSSR count). The molecule has 4 aliphatic rings. The number of benzene rings is 2. The Hall–Kier alpha value is -6.98. The van der Waals surface area contributed by atoms with Gasteiger partial charge >= 0.3 is 0 Å². The van der Waals surface area contributed by atoms with E-state index in [2.05, 4.69) is 31.1 Å². The van der Waals surface area contributed by atoms with Gasteiger partial charge in [-0.2, -0.15) is 5.10 Å². The molecule has 320 valence electrons. The Kier molecular flexibility index (Phi) is 11.2. The van der Waals surface area contributed by atoms with Crippen molar-refractivity contribution < 1.29 is 33.2 Å². The summed E-state index contributed by atoms with van der Waals surface area (Å²) >= 11 is 0. The molecule has 17 nitrogen and oxygen atoms in total. The third-order valence-corrected chi connectivity index (χ3v) is 12.0. The predicted molar refractivity (Wildman–Crippen MR) is 224 cm³/mol. The molecule has 5 aromatic rings. The number of nitrogens with zero attached hydrogens (tertiary/aromatic N) is 7. The van der Waals surface area contributed by atoms with Gasteiger partial charge in [0.05, 0.1) is 40.6 Å². The third-order valence-electron chi connectivity index (χ3n) is 12.0. The van der Waals surface area contributed by atoms with E-state index in [9.17, 15) is 28.8 Å². The third kappa shape index (κ3) is 8.11. The number of aromatic amines is 1. The lowest BCUT2D eigenvalue weighted by Crippen LogP contribution is -2.54. The van der Waals surface area contributed by atoms with Gasteiger partial charge in [0.15, 0.2) is 11.5 Å². The summed E-state index contributed by atoms with van der Waals surface area (Å²) in [7, 11) is 0. The fourth-order valence-electron chi connectivity index (χ4n) is 8.46. The fourth-order valence-corrected chi connectivity index (χ4v) is 8.46. The average Bonchev–Trinajstić information content (AvgIpc) is 3.70. The van der Waals surface area contributed by atoms with Gasteiger partial charge in [0.1, 0.15) is 11.9 Å². The quantitative estimate of drug-likeness (QED) is 0.0814. The number of hydrogen-bond acceptors (Lipinski definition) is 11. The first kappa shape index (κ1) is 40.4. The Morgan fingerprint density at radius 1 is 0.871 bits per heavy atom. The zero-order valence-electron chi connectivity index (χ0n) is 34.0. The van der Waals surface area contributed by atoms with Crippen LogP contribution < -0.4 is 16.0 Å². The molecule has 2 saturated heterocycles. The number of imidazole rings is 1. The second-order valence-corrected chi connectivity index (χ2v) is 16.2. The van der Waals surface area contributed by atoms with Crippen LogP contribution in [0.15, 0.2) is 61.2 Å². The highest BCUT2D eigenvalue weighted by Gasteiger charge is 2.45. The van der Waals surface area contributed by atoms with E-state index in [1.807, 2.05) is 10.6 Å². The number of H-pyrrole nitrogens is 1. The van der Waals surface area contributed by atoms with E-state index in [4.69, 9.17) is 4.98 Å². The first-order valence-corrected chi connectivity index (χ1v) is 21.2. The highest BCUT2D eigenvalue weighted by Crippen LogP contribution is 2.41. The molecule has 3 aromatic heterocycles. The van der Waals surface area contributed by atoms with Crippen LogP contribution in [0.25, 0.3) is 16.9 Å². The Balaban J connectivity index is 0.698. The van der Waals surface area contributed by atoms with Crippen molar-refractivity contribution in [1.29, 1.82) is 0 Å². The lowest BCUT2D eigenvalue weighted by Gasteiger charge is -2.35. The molecule has 3 aliphatic heterocycles. The molecule has 0 spiro atoms. The number of fused-ring (bicyclic) bond motifs is 2. The molecule has 62 heavy (non-hydrogen) atoms. The van der Waals surface area contributed by atoms with Gasteiger partial charge in [0.25, 0.3) is 17.7 Å². The van der Waals surface area contributed by atoms with Gasteiger partial charge in [-0.1, -0.05) is 25.3 Å². The average molecular weight is 844 g/mol. The number of piperidine rings is 1. The fraction of sp³-hybridized carbons (Fsp3) is 0.386. The summed E-state index contributed by atoms with van der Waals surface area (Å²) in [6, 6.07) is 8.36. The van der Waals surface area contributed by atoms with Crippen molar-refractivity contribution in [2.45, 2.75) is 76.2 Å². The Morgan fingerprint density at radius 2 is 1.66 bits per heavy atom. The SMILES string of the molecule is O=C1CCC(N2C(=O)c3cccc(NCCCCCCCC(=O)N4CCN(C(=O)c5ccc(Nc6nc(C7CC7)cn7c(-c8cn[nH]c8)cnc67)c(F)c5)CC4)c3C2=O)C(=O)N1. The molecule has 4 N–H and O–H groups in total. The second-order valence-electron chi connectivity index (χ2n) is 16.2. The first-order chi connectivity index (χ1) is 30.1. The van der Waals surface area contributed by atoms with Crippen molar-refractivity contribution >= 4 is 58.3 Å². The molecule has 1 unspecified atom stereocenters. The molecule has 1 atom stereocenters. The molecular formula is C44H46FN11O6. The lowest BCUT2D eigenvalue weighted by atomic mass is 10.0. The van der Waals surface area contributed by atoms with E-state index in [1.54, 1.807) is 58.7 Å². The Labute approximate surface area is 355 Å². The topological polar surface area (TPSA) is 207 Å². The normalized spacial score (nSPS) is 17.8. The number of hydrogen-bond donors (Lipinski definition) is 4. The molecule has 18 heteroatoms. The smallest absolute Gasteiger partial charge is 0.264 e. The number of carbonyl (C=O) groups is 6. The molecular weight excluding hydrogens is 798 g/mol. The first-order valence-electron chi connectivity index (χ1n) is 21.2. The summed E-state index contributed by atoms with van der Waals surface area (Å²) in [5.41, 5.74) is 4.54. The number of unbranched alkanes of at least 4 members (excludes halogenated alkanes) is 4. The summed E-state index contributed by atoms with van der Waals surface area (Å²) in [5, 5.41) is 15.5. The molecule has 0 radical (unpaired) electrons. The van der Waals surface area contributed by atoms with Crippen LogP contribution in [0.2, 0.25) is 0 Å². The number of amides is 6. The zero-order chi connectivity index (χ0) is 42.9. The number of halogens is 1. The van der Waals surface area contributed by atoms with Gasteiger partial charge < -0.3 is 20.4 Å². The van der Waals surface area contributed by atoms with Gasteiger partial charge in [-0.3, -0.25) is 48.5 Å². The standard InChI is InChI=1S/C44H46FN11O6/c45-30-21-27(12-13-31(30)50-39-40-47-24-35(28-22-48-49-23-28)55(40)25-33(51-39)26-10-11-26)42(60)54-19-17-53(18-20-54)37(58)9-4-2-1-3-5-16-46-32-8-6-7-29-38(32)44(62)56(43(29)61)34-14-15-36(57)52-41(34)59/h6-8,12-13,21-26,34,46H,1-5,9-11,14-20H2,(H,48,49)(H,50,51)(H,52,57,59). The van der Waals surface area contributed by atoms with Crippen LogP contribution in [0.4, 0.5) is 21.6 Å². The summed E-state index contributed by atoms with van der Waals surface area (Å²) in [4.78, 5) is 90.6. The maximum Gasteiger partial charge on any atom is 0.264 e. The number of rotatable bonds is 15. The van der Waals surface area contributed by atoms with Crippen LogP contribution in [0.5, 0.6) is 0 Å². The minimum atomic E-state index is -1.02. The highest BCUT2D eigenvalue weighted by atomic mass is 19.1. The Bertz CT molecular complexity index is 2580. The van der Waals surface area contributed by atoms with Crippen molar-refractivity contribution in [2.24, 2.45) is 0 Å². The van der Waals surface area contributed by atoms with Crippen molar-refractivity contribution in [2.75, 3.05) is 43.4 Å². The van der Waals surface area contributed by atoms with Crippen molar-refractivity contribution in [3.8, 4) is 11.3 Å². The highest BCUT2D eigenvalue weighted by molar-refractivity contribution is 6.25. The predicted octanol–water partition coefficient (Wildman–Crippen LogP) is 5.02. The number of aromatic nitrogens is 5. The molecule has 1 saturated carbocycles. The van der Waals surface area contributed by atoms with Gasteiger partial charge in [0, 0.05) is 80.7 Å². The van der Waals surface area contributed by atoms with Crippen molar-refractivity contribution in [3.63, 3.8) is 0 Å². The molecule has 3 fully saturated rings. The minimum Gasteiger partial charge on any atom is -0.384 e. The van der Waals surface area contributed by atoms with E-state index < -0.39 is 35.5 Å². The van der Waals surface area contributed by atoms with Crippen LogP contribution >= 0.6 is 0 Å². The van der Waals surface area contributed by atoms with Crippen molar-refractivity contribution in [1.82, 2.24) is 44.6 Å². The van der Waals surface area contributed by atoms with Crippen LogP contribution in [-0.4, -0.2) is 113 Å². The van der Waals surface area contributed by atoms with E-state index >= 15 is 4.39 Å². The van der Waals surface area contributed by atoms with Gasteiger partial charge in [-0.05, 0) is 62.4 Å². The summed E-state index contributed by atoms with van der Waals surface area (Å²) < 4.78 is 17.5. The monoisotopic (exact) mass is 843 g/mol. The van der Waals surface area contributed by atoms with Crippen molar-refractivity contribution in [3.05, 3.63) is 89.4 Å².